The van der Waals surface area contributed by atoms with Gasteiger partial charge >= 0.3 is 0 Å². The van der Waals surface area contributed by atoms with Crippen LogP contribution in [0.25, 0.3) is 0 Å². The predicted molar refractivity (Wildman–Crippen MR) is 60.7 cm³/mol. The highest BCUT2D eigenvalue weighted by molar-refractivity contribution is 5.09. The van der Waals surface area contributed by atoms with Gasteiger partial charge < -0.3 is 9.73 Å². The molecular formula is C12H20N2O. The van der Waals surface area contributed by atoms with E-state index in [2.05, 4.69) is 23.2 Å². The lowest BCUT2D eigenvalue weighted by atomic mass is 9.98. The Labute approximate surface area is 91.4 Å². The Kier molecular flexibility index (Phi) is 3.44. The molecule has 1 N–H and O–H groups in total. The van der Waals surface area contributed by atoms with Crippen molar-refractivity contribution >= 4 is 0 Å². The van der Waals surface area contributed by atoms with Crippen LogP contribution in [0.1, 0.15) is 25.1 Å². The monoisotopic (exact) mass is 208 g/mol. The SMILES string of the molecule is CCN1CCC(CNC)C1c1ccco1. The molecule has 0 aliphatic carbocycles. The summed E-state index contributed by atoms with van der Waals surface area (Å²) in [4.78, 5) is 2.50. The Morgan fingerprint density at radius 1 is 1.60 bits per heavy atom. The van der Waals surface area contributed by atoms with Crippen LogP contribution in [0, 0.1) is 5.92 Å². The van der Waals surface area contributed by atoms with E-state index in [-0.39, 0.29) is 0 Å². The molecule has 1 fully saturated rings. The molecule has 2 unspecified atom stereocenters. The summed E-state index contributed by atoms with van der Waals surface area (Å²) in [5.41, 5.74) is 0. The van der Waals surface area contributed by atoms with E-state index in [4.69, 9.17) is 4.42 Å². The standard InChI is InChI=1S/C12H20N2O/c1-3-14-7-6-10(9-13-2)12(14)11-5-4-8-15-11/h4-5,8,10,12-13H,3,6-7,9H2,1-2H3. The summed E-state index contributed by atoms with van der Waals surface area (Å²) >= 11 is 0. The Bertz CT molecular complexity index is 284. The van der Waals surface area contributed by atoms with E-state index in [1.54, 1.807) is 6.26 Å². The van der Waals surface area contributed by atoms with Crippen LogP contribution in [0.2, 0.25) is 0 Å². The third kappa shape index (κ3) is 2.08. The summed E-state index contributed by atoms with van der Waals surface area (Å²) in [6.07, 6.45) is 3.04. The Hall–Kier alpha value is -0.800. The van der Waals surface area contributed by atoms with E-state index in [0.717, 1.165) is 18.8 Å². The van der Waals surface area contributed by atoms with Crippen molar-refractivity contribution in [1.29, 1.82) is 0 Å². The number of likely N-dealkylation sites (tertiary alicyclic amines) is 1. The van der Waals surface area contributed by atoms with Crippen LogP contribution in [0.15, 0.2) is 22.8 Å². The second kappa shape index (κ2) is 4.81. The van der Waals surface area contributed by atoms with Gasteiger partial charge in [0, 0.05) is 0 Å². The summed E-state index contributed by atoms with van der Waals surface area (Å²) in [7, 11) is 2.02. The molecule has 1 saturated heterocycles. The summed E-state index contributed by atoms with van der Waals surface area (Å²) in [5.74, 6) is 1.80. The molecule has 84 valence electrons. The first kappa shape index (κ1) is 10.7. The molecule has 3 heteroatoms. The highest BCUT2D eigenvalue weighted by atomic mass is 16.3. The fraction of sp³-hybridized carbons (Fsp3) is 0.667. The first-order valence-electron chi connectivity index (χ1n) is 5.78. The van der Waals surface area contributed by atoms with Crippen LogP contribution in [-0.2, 0) is 0 Å². The topological polar surface area (TPSA) is 28.4 Å². The molecule has 1 aromatic heterocycles. The molecule has 0 saturated carbocycles. The van der Waals surface area contributed by atoms with Gasteiger partial charge in [-0.15, -0.1) is 0 Å². The number of hydrogen-bond donors (Lipinski definition) is 1. The second-order valence-corrected chi connectivity index (χ2v) is 4.20. The van der Waals surface area contributed by atoms with Gasteiger partial charge in [-0.3, -0.25) is 4.90 Å². The van der Waals surface area contributed by atoms with Gasteiger partial charge in [0.2, 0.25) is 0 Å². The lowest BCUT2D eigenvalue weighted by molar-refractivity contribution is 0.207. The van der Waals surface area contributed by atoms with Crippen LogP contribution in [0.5, 0.6) is 0 Å². The molecule has 1 aliphatic rings. The van der Waals surface area contributed by atoms with E-state index < -0.39 is 0 Å². The zero-order valence-corrected chi connectivity index (χ0v) is 9.57. The van der Waals surface area contributed by atoms with Gasteiger partial charge in [0.25, 0.3) is 0 Å². The number of furan rings is 1. The molecule has 3 nitrogen and oxygen atoms in total. The fourth-order valence-electron chi connectivity index (χ4n) is 2.63. The van der Waals surface area contributed by atoms with Crippen molar-refractivity contribution in [3.63, 3.8) is 0 Å². The third-order valence-corrected chi connectivity index (χ3v) is 3.33. The van der Waals surface area contributed by atoms with Gasteiger partial charge in [-0.25, -0.2) is 0 Å². The number of nitrogens with zero attached hydrogens (tertiary/aromatic N) is 1. The maximum Gasteiger partial charge on any atom is 0.121 e. The maximum absolute atomic E-state index is 5.56. The Morgan fingerprint density at radius 2 is 2.47 bits per heavy atom. The van der Waals surface area contributed by atoms with Crippen molar-refractivity contribution in [1.82, 2.24) is 10.2 Å². The summed E-state index contributed by atoms with van der Waals surface area (Å²) in [6, 6.07) is 4.55. The summed E-state index contributed by atoms with van der Waals surface area (Å²) < 4.78 is 5.56. The molecule has 0 aromatic carbocycles. The van der Waals surface area contributed by atoms with Gasteiger partial charge in [-0.2, -0.15) is 0 Å². The van der Waals surface area contributed by atoms with Gasteiger partial charge in [0.15, 0.2) is 0 Å². The second-order valence-electron chi connectivity index (χ2n) is 4.20. The molecule has 1 aromatic rings. The van der Waals surface area contributed by atoms with E-state index >= 15 is 0 Å². The Morgan fingerprint density at radius 3 is 3.07 bits per heavy atom. The fourth-order valence-corrected chi connectivity index (χ4v) is 2.63. The van der Waals surface area contributed by atoms with Crippen molar-refractivity contribution in [3.8, 4) is 0 Å². The zero-order chi connectivity index (χ0) is 10.7. The van der Waals surface area contributed by atoms with Crippen molar-refractivity contribution in [3.05, 3.63) is 24.2 Å². The molecular weight excluding hydrogens is 188 g/mol. The molecule has 2 heterocycles. The van der Waals surface area contributed by atoms with E-state index in [1.165, 1.54) is 13.0 Å². The molecule has 0 spiro atoms. The van der Waals surface area contributed by atoms with Crippen LogP contribution < -0.4 is 5.32 Å². The number of nitrogens with one attached hydrogen (secondary N) is 1. The normalized spacial score (nSPS) is 27.3. The first-order chi connectivity index (χ1) is 7.36. The maximum atomic E-state index is 5.56. The minimum absolute atomic E-state index is 0.470. The molecule has 0 radical (unpaired) electrons. The molecule has 1 aliphatic heterocycles. The van der Waals surface area contributed by atoms with Crippen molar-refractivity contribution in [2.75, 3.05) is 26.7 Å². The summed E-state index contributed by atoms with van der Waals surface area (Å²) in [5, 5.41) is 3.28. The first-order valence-corrected chi connectivity index (χ1v) is 5.78. The average Bonchev–Trinajstić information content (AvgIpc) is 2.85. The number of hydrogen-bond acceptors (Lipinski definition) is 3. The highest BCUT2D eigenvalue weighted by Crippen LogP contribution is 2.36. The van der Waals surface area contributed by atoms with E-state index in [0.29, 0.717) is 12.0 Å². The predicted octanol–water partition coefficient (Wildman–Crippen LogP) is 1.88. The Balaban J connectivity index is 2.15. The van der Waals surface area contributed by atoms with E-state index in [1.807, 2.05) is 13.1 Å². The smallest absolute Gasteiger partial charge is 0.121 e. The average molecular weight is 208 g/mol. The van der Waals surface area contributed by atoms with Crippen molar-refractivity contribution in [2.45, 2.75) is 19.4 Å². The van der Waals surface area contributed by atoms with Crippen LogP contribution >= 0.6 is 0 Å². The molecule has 0 amide bonds. The van der Waals surface area contributed by atoms with Crippen LogP contribution in [0.4, 0.5) is 0 Å². The number of rotatable bonds is 4. The largest absolute Gasteiger partial charge is 0.468 e. The van der Waals surface area contributed by atoms with Crippen molar-refractivity contribution < 1.29 is 4.42 Å². The van der Waals surface area contributed by atoms with Gasteiger partial charge in [0.05, 0.1) is 12.3 Å². The van der Waals surface area contributed by atoms with Gasteiger partial charge in [-0.05, 0) is 51.2 Å². The minimum Gasteiger partial charge on any atom is -0.468 e. The minimum atomic E-state index is 0.470. The quantitative estimate of drug-likeness (QED) is 0.819. The third-order valence-electron chi connectivity index (χ3n) is 3.33. The van der Waals surface area contributed by atoms with Crippen LogP contribution in [-0.4, -0.2) is 31.6 Å². The molecule has 2 atom stereocenters. The van der Waals surface area contributed by atoms with Gasteiger partial charge in [-0.1, -0.05) is 6.92 Å². The van der Waals surface area contributed by atoms with E-state index in [9.17, 15) is 0 Å². The van der Waals surface area contributed by atoms with Crippen LogP contribution in [0.3, 0.4) is 0 Å². The lowest BCUT2D eigenvalue weighted by Crippen LogP contribution is -2.28. The molecule has 2 rings (SSSR count). The lowest BCUT2D eigenvalue weighted by Gasteiger charge is -2.25. The zero-order valence-electron chi connectivity index (χ0n) is 9.57. The van der Waals surface area contributed by atoms with Gasteiger partial charge in [0.1, 0.15) is 5.76 Å². The van der Waals surface area contributed by atoms with Crippen molar-refractivity contribution in [2.24, 2.45) is 5.92 Å². The molecule has 15 heavy (non-hydrogen) atoms. The molecule has 0 bridgehead atoms. The summed E-state index contributed by atoms with van der Waals surface area (Å²) in [6.45, 7) is 5.58. The highest BCUT2D eigenvalue weighted by Gasteiger charge is 2.35.